The van der Waals surface area contributed by atoms with E-state index >= 15 is 0 Å². The summed E-state index contributed by atoms with van der Waals surface area (Å²) in [6.45, 7) is 1.98. The molecule has 0 aromatic rings. The van der Waals surface area contributed by atoms with Gasteiger partial charge in [0.25, 0.3) is 0 Å². The molecule has 0 fully saturated rings. The quantitative estimate of drug-likeness (QED) is 0.499. The zero-order valence-electron chi connectivity index (χ0n) is 3.69. The number of allylic oxidation sites excluding steroid dienone is 3. The molecule has 0 unspecified atom stereocenters. The summed E-state index contributed by atoms with van der Waals surface area (Å²) < 4.78 is 0. The highest BCUT2D eigenvalue weighted by Crippen LogP contribution is 1.81. The van der Waals surface area contributed by atoms with Gasteiger partial charge in [-0.3, -0.25) is 0 Å². The summed E-state index contributed by atoms with van der Waals surface area (Å²) in [6.07, 6.45) is 5.84. The summed E-state index contributed by atoms with van der Waals surface area (Å²) in [6, 6.07) is 0. The average Bonchev–Trinajstić information content (AvgIpc) is 1.61. The van der Waals surface area contributed by atoms with Crippen LogP contribution < -0.4 is 0 Å². The second-order valence-corrected chi connectivity index (χ2v) is 1.37. The Morgan fingerprint density at radius 1 is 1.33 bits per heavy atom. The Morgan fingerprint density at radius 3 is 2.17 bits per heavy atom. The fraction of sp³-hybridized carbons (Fsp3) is 0.200. The average molecular weight is 147 g/mol. The van der Waals surface area contributed by atoms with E-state index in [2.05, 4.69) is 15.9 Å². The van der Waals surface area contributed by atoms with Gasteiger partial charge in [0.1, 0.15) is 0 Å². The molecule has 0 N–H and O–H groups in total. The van der Waals surface area contributed by atoms with Crippen LogP contribution in [0.1, 0.15) is 6.92 Å². The van der Waals surface area contributed by atoms with Crippen molar-refractivity contribution in [3.8, 4) is 0 Å². The largest absolute Gasteiger partial charge is 0.0876 e. The molecule has 0 radical (unpaired) electrons. The van der Waals surface area contributed by atoms with Crippen LogP contribution in [0.4, 0.5) is 0 Å². The van der Waals surface area contributed by atoms with Gasteiger partial charge in [0, 0.05) is 0 Å². The Balaban J connectivity index is 3.07. The Hall–Kier alpha value is -0.0400. The number of hydrogen-bond acceptors (Lipinski definition) is 0. The molecule has 0 aliphatic heterocycles. The van der Waals surface area contributed by atoms with Crippen LogP contribution in [0.2, 0.25) is 0 Å². The van der Waals surface area contributed by atoms with Gasteiger partial charge in [0.15, 0.2) is 0 Å². The Bertz CT molecular complexity index is 52.3. The topological polar surface area (TPSA) is 0 Å². The predicted octanol–water partition coefficient (Wildman–Crippen LogP) is 2.47. The van der Waals surface area contributed by atoms with Crippen molar-refractivity contribution in [2.45, 2.75) is 6.92 Å². The van der Waals surface area contributed by atoms with Crippen molar-refractivity contribution in [3.05, 3.63) is 23.2 Å². The molecule has 0 atom stereocenters. The molecule has 0 bridgehead atoms. The van der Waals surface area contributed by atoms with Crippen LogP contribution in [0, 0.1) is 0 Å². The molecule has 0 amide bonds. The summed E-state index contributed by atoms with van der Waals surface area (Å²) >= 11 is 3.12. The number of hydrogen-bond donors (Lipinski definition) is 0. The highest BCUT2D eigenvalue weighted by Gasteiger charge is 1.50. The predicted molar refractivity (Wildman–Crippen MR) is 32.9 cm³/mol. The van der Waals surface area contributed by atoms with E-state index in [-0.39, 0.29) is 0 Å². The third kappa shape index (κ3) is 3.96. The van der Waals surface area contributed by atoms with Crippen LogP contribution in [0.5, 0.6) is 0 Å². The molecule has 1 heteroatoms. The maximum Gasteiger partial charge on any atom is -0.0189 e. The van der Waals surface area contributed by atoms with Crippen molar-refractivity contribution < 1.29 is 0 Å². The molecule has 0 spiro atoms. The molecule has 34 valence electrons. The molecule has 0 aromatic heterocycles. The first-order valence-electron chi connectivity index (χ1n) is 1.80. The maximum absolute atomic E-state index is 3.12. The molecule has 0 saturated carbocycles. The van der Waals surface area contributed by atoms with E-state index in [4.69, 9.17) is 0 Å². The molecule has 0 aliphatic rings. The molecule has 0 aromatic carbocycles. The van der Waals surface area contributed by atoms with E-state index in [1.165, 1.54) is 0 Å². The van der Waals surface area contributed by atoms with Crippen molar-refractivity contribution in [2.75, 3.05) is 0 Å². The van der Waals surface area contributed by atoms with Crippen molar-refractivity contribution >= 4 is 15.9 Å². The van der Waals surface area contributed by atoms with Crippen molar-refractivity contribution in [1.82, 2.24) is 0 Å². The maximum atomic E-state index is 3.12. The van der Waals surface area contributed by atoms with Gasteiger partial charge in [-0.05, 0) is 11.9 Å². The van der Waals surface area contributed by atoms with Crippen LogP contribution in [0.3, 0.4) is 0 Å². The number of rotatable bonds is 1. The van der Waals surface area contributed by atoms with Crippen LogP contribution in [0.25, 0.3) is 0 Å². The summed E-state index contributed by atoms with van der Waals surface area (Å²) in [5.74, 6) is 0. The lowest BCUT2D eigenvalue weighted by molar-refractivity contribution is 1.74. The molecule has 0 rings (SSSR count). The monoisotopic (exact) mass is 146 g/mol. The van der Waals surface area contributed by atoms with E-state index in [0.717, 1.165) is 0 Å². The summed E-state index contributed by atoms with van der Waals surface area (Å²) in [7, 11) is 0. The third-order valence-corrected chi connectivity index (χ3v) is 0.682. The van der Waals surface area contributed by atoms with Gasteiger partial charge in [0.05, 0.1) is 0 Å². The van der Waals surface area contributed by atoms with Gasteiger partial charge in [-0.25, -0.2) is 0 Å². The molecular weight excluding hydrogens is 140 g/mol. The minimum Gasteiger partial charge on any atom is -0.0876 e. The highest BCUT2D eigenvalue weighted by molar-refractivity contribution is 9.11. The first-order valence-corrected chi connectivity index (χ1v) is 2.71. The lowest BCUT2D eigenvalue weighted by Crippen LogP contribution is -1.37. The van der Waals surface area contributed by atoms with E-state index in [1.807, 2.05) is 30.1 Å². The van der Waals surface area contributed by atoms with Gasteiger partial charge in [-0.1, -0.05) is 34.2 Å². The van der Waals surface area contributed by atoms with Gasteiger partial charge in [0.2, 0.25) is 0 Å². The van der Waals surface area contributed by atoms with Crippen molar-refractivity contribution in [1.29, 1.82) is 0 Å². The Kier molecular flexibility index (Phi) is 4.93. The zero-order chi connectivity index (χ0) is 4.83. The Morgan fingerprint density at radius 2 is 2.00 bits per heavy atom. The summed E-state index contributed by atoms with van der Waals surface area (Å²) in [5.41, 5.74) is 0. The van der Waals surface area contributed by atoms with E-state index in [1.54, 1.807) is 0 Å². The van der Waals surface area contributed by atoms with Gasteiger partial charge < -0.3 is 0 Å². The fourth-order valence-electron chi connectivity index (χ4n) is 0.153. The van der Waals surface area contributed by atoms with Crippen molar-refractivity contribution in [3.63, 3.8) is 0 Å². The molecule has 0 aliphatic carbocycles. The standard InChI is InChI=1S/C5H7Br/c1-2-3-4-5-6/h2-5H,1H3/b3-2+,5-4?. The normalized spacial score (nSPS) is 11.7. The minimum absolute atomic E-state index is 1.81. The molecule has 0 nitrogen and oxygen atoms in total. The lowest BCUT2D eigenvalue weighted by atomic mass is 10.5. The van der Waals surface area contributed by atoms with Gasteiger partial charge in [-0.2, -0.15) is 0 Å². The van der Waals surface area contributed by atoms with E-state index in [0.29, 0.717) is 0 Å². The van der Waals surface area contributed by atoms with Gasteiger partial charge in [-0.15, -0.1) is 0 Å². The lowest BCUT2D eigenvalue weighted by Gasteiger charge is -1.61. The number of halogens is 1. The summed E-state index contributed by atoms with van der Waals surface area (Å²) in [5, 5.41) is 0. The fourth-order valence-corrected chi connectivity index (χ4v) is 0.329. The second kappa shape index (κ2) is 4.96. The molecular formula is C5H7Br. The molecule has 6 heavy (non-hydrogen) atoms. The van der Waals surface area contributed by atoms with E-state index < -0.39 is 0 Å². The smallest absolute Gasteiger partial charge is 0.0189 e. The molecule has 0 saturated heterocycles. The Labute approximate surface area is 46.7 Å². The van der Waals surface area contributed by atoms with Crippen LogP contribution >= 0.6 is 15.9 Å². The summed E-state index contributed by atoms with van der Waals surface area (Å²) in [4.78, 5) is 1.81. The SMILES string of the molecule is C/C=C/C=CBr. The second-order valence-electron chi connectivity index (χ2n) is 0.844. The minimum atomic E-state index is 1.81. The third-order valence-electron chi connectivity index (χ3n) is 0.376. The first-order chi connectivity index (χ1) is 2.91. The molecule has 0 heterocycles. The van der Waals surface area contributed by atoms with Crippen LogP contribution in [0.15, 0.2) is 23.2 Å². The van der Waals surface area contributed by atoms with Crippen LogP contribution in [-0.2, 0) is 0 Å². The van der Waals surface area contributed by atoms with Crippen LogP contribution in [-0.4, -0.2) is 0 Å². The zero-order valence-corrected chi connectivity index (χ0v) is 5.27. The van der Waals surface area contributed by atoms with Crippen molar-refractivity contribution in [2.24, 2.45) is 0 Å². The van der Waals surface area contributed by atoms with E-state index in [9.17, 15) is 0 Å². The highest BCUT2D eigenvalue weighted by atomic mass is 79.9. The van der Waals surface area contributed by atoms with Gasteiger partial charge >= 0.3 is 0 Å². The first kappa shape index (κ1) is 5.96.